The topological polar surface area (TPSA) is 52.9 Å². The molecule has 0 aromatic heterocycles. The summed E-state index contributed by atoms with van der Waals surface area (Å²) in [6.07, 6.45) is 13.2. The van der Waals surface area contributed by atoms with E-state index in [2.05, 4.69) is 33.8 Å². The first-order valence-electron chi connectivity index (χ1n) is 13.7. The molecule has 0 amide bonds. The molecule has 4 nitrogen and oxygen atoms in total. The summed E-state index contributed by atoms with van der Waals surface area (Å²) in [5.41, 5.74) is 2.52. The molecule has 12 atom stereocenters. The average Bonchev–Trinajstić information content (AvgIpc) is 3.06. The fraction of sp³-hybridized carbons (Fsp3) is 0.929. The Balaban J connectivity index is 1.23. The number of allylic oxidation sites excluding steroid dienone is 1. The van der Waals surface area contributed by atoms with E-state index in [9.17, 15) is 10.3 Å². The van der Waals surface area contributed by atoms with E-state index >= 15 is 0 Å². The Morgan fingerprint density at radius 1 is 1.12 bits per heavy atom. The molecule has 4 saturated carbocycles. The molecule has 178 valence electrons. The number of hydroxylamine groups is 2. The number of hydrogen-bond donors (Lipinski definition) is 2. The zero-order valence-electron chi connectivity index (χ0n) is 20.5. The van der Waals surface area contributed by atoms with Crippen LogP contribution in [0.15, 0.2) is 11.6 Å². The van der Waals surface area contributed by atoms with Crippen molar-refractivity contribution < 1.29 is 15.1 Å². The summed E-state index contributed by atoms with van der Waals surface area (Å²) in [7, 11) is 0. The van der Waals surface area contributed by atoms with Crippen LogP contribution in [0.3, 0.4) is 0 Å². The van der Waals surface area contributed by atoms with Crippen molar-refractivity contribution in [3.05, 3.63) is 11.6 Å². The Labute approximate surface area is 193 Å². The lowest BCUT2D eigenvalue weighted by molar-refractivity contribution is -0.182. The van der Waals surface area contributed by atoms with Crippen molar-refractivity contribution in [1.29, 1.82) is 0 Å². The highest BCUT2D eigenvalue weighted by molar-refractivity contribution is 5.36. The smallest absolute Gasteiger partial charge is 0.0788 e. The third kappa shape index (κ3) is 2.21. The van der Waals surface area contributed by atoms with E-state index in [1.807, 2.05) is 0 Å². The minimum absolute atomic E-state index is 0.0582. The minimum atomic E-state index is -0.123. The van der Waals surface area contributed by atoms with E-state index in [0.29, 0.717) is 22.7 Å². The van der Waals surface area contributed by atoms with Crippen LogP contribution in [0, 0.1) is 45.8 Å². The van der Waals surface area contributed by atoms with Crippen LogP contribution in [0.4, 0.5) is 0 Å². The van der Waals surface area contributed by atoms with Crippen molar-refractivity contribution in [2.75, 3.05) is 6.54 Å². The van der Waals surface area contributed by atoms with Crippen LogP contribution >= 0.6 is 0 Å². The van der Waals surface area contributed by atoms with Gasteiger partial charge in [-0.1, -0.05) is 39.3 Å². The van der Waals surface area contributed by atoms with Gasteiger partial charge < -0.3 is 15.1 Å². The number of piperidine rings is 1. The van der Waals surface area contributed by atoms with Crippen molar-refractivity contribution in [1.82, 2.24) is 5.06 Å². The van der Waals surface area contributed by atoms with Crippen LogP contribution < -0.4 is 0 Å². The van der Waals surface area contributed by atoms with E-state index in [0.717, 1.165) is 43.6 Å². The first kappa shape index (κ1) is 20.9. The molecule has 0 radical (unpaired) electrons. The number of aliphatic hydroxyl groups is 1. The van der Waals surface area contributed by atoms with Gasteiger partial charge in [-0.05, 0) is 92.3 Å². The highest BCUT2D eigenvalue weighted by Gasteiger charge is 2.84. The predicted octanol–water partition coefficient (Wildman–Crippen LogP) is 5.18. The number of aliphatic hydroxyl groups excluding tert-OH is 1. The molecule has 0 aromatic rings. The van der Waals surface area contributed by atoms with Gasteiger partial charge in [-0.15, -0.1) is 0 Å². The first-order chi connectivity index (χ1) is 15.2. The van der Waals surface area contributed by atoms with Gasteiger partial charge in [-0.3, -0.25) is 0 Å². The lowest BCUT2D eigenvalue weighted by Gasteiger charge is -2.50. The van der Waals surface area contributed by atoms with Gasteiger partial charge >= 0.3 is 0 Å². The van der Waals surface area contributed by atoms with Gasteiger partial charge in [0.25, 0.3) is 0 Å². The van der Waals surface area contributed by atoms with Crippen LogP contribution in [0.5, 0.6) is 0 Å². The Bertz CT molecular complexity index is 873. The second-order valence-corrected chi connectivity index (χ2v) is 13.9. The average molecular weight is 442 g/mol. The first-order valence-corrected chi connectivity index (χ1v) is 13.7. The largest absolute Gasteiger partial charge is 0.393 e. The summed E-state index contributed by atoms with van der Waals surface area (Å²) >= 11 is 0. The zero-order chi connectivity index (χ0) is 22.3. The standard InChI is InChI=1S/C28H43NO3/c1-16-11-23-24(29(31)14-16)17(2)28(32-23)10-8-21-20-6-5-18-12-19(30)7-9-25(18,3)22(20)13-27(21)15-26(27,28)4/h5,16-17,19-24,30-31H,6-15H2,1-4H3/t16-,17+,19-,20-,21-,22-,23+,24-,25-,26?,27?,28+/m0/s1. The quantitative estimate of drug-likeness (QED) is 0.509. The molecule has 2 saturated heterocycles. The van der Waals surface area contributed by atoms with Crippen molar-refractivity contribution in [3.63, 3.8) is 0 Å². The molecule has 0 aromatic carbocycles. The Morgan fingerprint density at radius 2 is 1.94 bits per heavy atom. The van der Waals surface area contributed by atoms with Crippen LogP contribution in [0.25, 0.3) is 0 Å². The van der Waals surface area contributed by atoms with Crippen LogP contribution in [0.2, 0.25) is 0 Å². The maximum Gasteiger partial charge on any atom is 0.0788 e. The van der Waals surface area contributed by atoms with E-state index in [-0.39, 0.29) is 29.3 Å². The molecule has 5 aliphatic carbocycles. The van der Waals surface area contributed by atoms with E-state index in [1.54, 1.807) is 10.6 Å². The maximum absolute atomic E-state index is 10.9. The molecule has 2 heterocycles. The van der Waals surface area contributed by atoms with Gasteiger partial charge in [0.15, 0.2) is 0 Å². The number of rotatable bonds is 0. The Kier molecular flexibility index (Phi) is 4.07. The molecule has 6 fully saturated rings. The van der Waals surface area contributed by atoms with E-state index < -0.39 is 0 Å². The molecule has 7 aliphatic rings. The molecular formula is C28H43NO3. The monoisotopic (exact) mass is 441 g/mol. The van der Waals surface area contributed by atoms with Gasteiger partial charge in [0.05, 0.1) is 23.9 Å². The molecule has 32 heavy (non-hydrogen) atoms. The summed E-state index contributed by atoms with van der Waals surface area (Å²) in [6.45, 7) is 10.6. The molecule has 7 rings (SSSR count). The van der Waals surface area contributed by atoms with E-state index in [4.69, 9.17) is 4.74 Å². The van der Waals surface area contributed by atoms with E-state index in [1.165, 1.54) is 38.5 Å². The van der Waals surface area contributed by atoms with Gasteiger partial charge in [0, 0.05) is 17.9 Å². The van der Waals surface area contributed by atoms with Crippen molar-refractivity contribution >= 4 is 0 Å². The Hall–Kier alpha value is -0.420. The molecule has 2 aliphatic heterocycles. The normalized spacial score (nSPS) is 63.1. The zero-order valence-corrected chi connectivity index (χ0v) is 20.5. The lowest BCUT2D eigenvalue weighted by atomic mass is 9.56. The minimum Gasteiger partial charge on any atom is -0.393 e. The third-order valence-corrected chi connectivity index (χ3v) is 12.8. The lowest BCUT2D eigenvalue weighted by Crippen LogP contribution is -2.53. The van der Waals surface area contributed by atoms with Gasteiger partial charge in [0.2, 0.25) is 0 Å². The van der Waals surface area contributed by atoms with Crippen molar-refractivity contribution in [3.8, 4) is 0 Å². The number of nitrogens with zero attached hydrogens (tertiary/aromatic N) is 1. The fourth-order valence-corrected chi connectivity index (χ4v) is 11.3. The molecule has 2 N–H and O–H groups in total. The summed E-state index contributed by atoms with van der Waals surface area (Å²) in [6, 6.07) is 0.173. The van der Waals surface area contributed by atoms with Crippen LogP contribution in [-0.4, -0.2) is 45.8 Å². The van der Waals surface area contributed by atoms with Crippen molar-refractivity contribution in [2.24, 2.45) is 45.8 Å². The van der Waals surface area contributed by atoms with Gasteiger partial charge in [-0.25, -0.2) is 0 Å². The summed E-state index contributed by atoms with van der Waals surface area (Å²) in [4.78, 5) is 0. The van der Waals surface area contributed by atoms with Gasteiger partial charge in [-0.2, -0.15) is 5.06 Å². The SMILES string of the molecule is C[C@H]1C[C@H]2O[C@]3(CC[C@H]4[C@@H]5CC=C6C[C@@H](O)CC[C@]6(C)[C@H]5CC45CC53C)[C@H](C)[C@@H]2N(O)C1. The van der Waals surface area contributed by atoms with Crippen LogP contribution in [0.1, 0.15) is 85.5 Å². The number of hydrogen-bond acceptors (Lipinski definition) is 4. The number of fused-ring (bicyclic) bond motifs is 6. The highest BCUT2D eigenvalue weighted by atomic mass is 16.5. The second-order valence-electron chi connectivity index (χ2n) is 13.9. The molecule has 2 spiro atoms. The maximum atomic E-state index is 10.9. The van der Waals surface area contributed by atoms with Crippen molar-refractivity contribution in [2.45, 2.75) is 109 Å². The molecule has 0 bridgehead atoms. The summed E-state index contributed by atoms with van der Waals surface area (Å²) in [5.74, 6) is 3.34. The van der Waals surface area contributed by atoms with Gasteiger partial charge in [0.1, 0.15) is 0 Å². The third-order valence-electron chi connectivity index (χ3n) is 12.8. The summed E-state index contributed by atoms with van der Waals surface area (Å²) in [5, 5.41) is 22.9. The summed E-state index contributed by atoms with van der Waals surface area (Å²) < 4.78 is 7.16. The predicted molar refractivity (Wildman–Crippen MR) is 123 cm³/mol. The van der Waals surface area contributed by atoms with Crippen LogP contribution in [-0.2, 0) is 4.74 Å². The number of ether oxygens (including phenoxy) is 1. The second kappa shape index (κ2) is 6.22. The highest BCUT2D eigenvalue weighted by Crippen LogP contribution is 2.87. The molecule has 2 unspecified atom stereocenters. The molecular weight excluding hydrogens is 398 g/mol. The molecule has 4 heteroatoms. The Morgan fingerprint density at radius 3 is 2.75 bits per heavy atom. The fourth-order valence-electron chi connectivity index (χ4n) is 11.3.